The van der Waals surface area contributed by atoms with Crippen LogP contribution in [0.15, 0.2) is 42.6 Å². The topological polar surface area (TPSA) is 72.0 Å². The van der Waals surface area contributed by atoms with Gasteiger partial charge in [0.05, 0.1) is 23.7 Å². The summed E-state index contributed by atoms with van der Waals surface area (Å²) in [7, 11) is 1.31. The van der Waals surface area contributed by atoms with E-state index in [0.29, 0.717) is 36.8 Å². The number of hydrogen-bond acceptors (Lipinski definition) is 6. The van der Waals surface area contributed by atoms with Gasteiger partial charge in [-0.3, -0.25) is 4.79 Å². The predicted molar refractivity (Wildman–Crippen MR) is 115 cm³/mol. The number of anilines is 1. The van der Waals surface area contributed by atoms with Gasteiger partial charge in [-0.1, -0.05) is 41.9 Å². The molecule has 0 unspecified atom stereocenters. The monoisotopic (exact) mass is 441 g/mol. The van der Waals surface area contributed by atoms with Crippen molar-refractivity contribution in [1.29, 1.82) is 0 Å². The average molecular weight is 442 g/mol. The number of carbonyl (C=O) groups excluding carboxylic acids is 2. The number of ether oxygens (including phenoxy) is 2. The Morgan fingerprint density at radius 1 is 1.23 bits per heavy atom. The van der Waals surface area contributed by atoms with E-state index in [1.165, 1.54) is 18.9 Å². The molecule has 2 atom stereocenters. The number of piperidine rings is 1. The van der Waals surface area contributed by atoms with Crippen LogP contribution in [-0.2, 0) is 14.3 Å². The molecule has 2 aromatic rings. The Balaban J connectivity index is 1.30. The Kier molecular flexibility index (Phi) is 5.10. The summed E-state index contributed by atoms with van der Waals surface area (Å²) >= 11 is 6.25. The Morgan fingerprint density at radius 2 is 1.97 bits per heavy atom. The number of amides is 1. The van der Waals surface area contributed by atoms with E-state index in [9.17, 15) is 9.59 Å². The van der Waals surface area contributed by atoms with Crippen molar-refractivity contribution in [3.05, 3.63) is 58.7 Å². The van der Waals surface area contributed by atoms with Crippen LogP contribution >= 0.6 is 11.6 Å². The molecule has 4 heterocycles. The summed E-state index contributed by atoms with van der Waals surface area (Å²) in [4.78, 5) is 33.6. The second-order valence-electron chi connectivity index (χ2n) is 8.28. The van der Waals surface area contributed by atoms with Crippen LogP contribution in [-0.4, -0.2) is 53.8 Å². The second-order valence-corrected chi connectivity index (χ2v) is 8.69. The van der Waals surface area contributed by atoms with Crippen LogP contribution < -0.4 is 4.90 Å². The molecular weight excluding hydrogens is 418 g/mol. The maximum atomic E-state index is 13.5. The van der Waals surface area contributed by atoms with Crippen LogP contribution in [0.5, 0.6) is 0 Å². The molecule has 0 aliphatic carbocycles. The van der Waals surface area contributed by atoms with Gasteiger partial charge in [-0.15, -0.1) is 0 Å². The molecule has 1 aromatic heterocycles. The van der Waals surface area contributed by atoms with Crippen LogP contribution in [0.2, 0.25) is 5.02 Å². The minimum atomic E-state index is -0.760. The van der Waals surface area contributed by atoms with E-state index in [0.717, 1.165) is 12.8 Å². The number of nitrogens with zero attached hydrogens (tertiary/aromatic N) is 3. The maximum absolute atomic E-state index is 13.5. The van der Waals surface area contributed by atoms with Gasteiger partial charge in [0.2, 0.25) is 0 Å². The fourth-order valence-electron chi connectivity index (χ4n) is 5.00. The third-order valence-electron chi connectivity index (χ3n) is 6.64. The highest BCUT2D eigenvalue weighted by Gasteiger charge is 2.57. The van der Waals surface area contributed by atoms with Crippen LogP contribution in [0.1, 0.15) is 47.6 Å². The third-order valence-corrected chi connectivity index (χ3v) is 6.96. The van der Waals surface area contributed by atoms with Crippen molar-refractivity contribution in [3.8, 4) is 0 Å². The van der Waals surface area contributed by atoms with Crippen molar-refractivity contribution < 1.29 is 19.1 Å². The molecule has 1 amide bonds. The first kappa shape index (κ1) is 20.3. The van der Waals surface area contributed by atoms with Gasteiger partial charge >= 0.3 is 5.97 Å². The van der Waals surface area contributed by atoms with Crippen molar-refractivity contribution in [2.24, 2.45) is 0 Å². The minimum absolute atomic E-state index is 0.0856. The molecule has 162 valence electrons. The number of fused-ring (bicyclic) bond motifs is 1. The molecule has 7 nitrogen and oxygen atoms in total. The zero-order valence-corrected chi connectivity index (χ0v) is 18.0. The van der Waals surface area contributed by atoms with Crippen LogP contribution in [0.25, 0.3) is 0 Å². The first-order valence-electron chi connectivity index (χ1n) is 10.6. The summed E-state index contributed by atoms with van der Waals surface area (Å²) in [6.07, 6.45) is 4.28. The lowest BCUT2D eigenvalue weighted by atomic mass is 9.89. The van der Waals surface area contributed by atoms with E-state index in [1.54, 1.807) is 6.07 Å². The number of methoxy groups -OCH3 is 1. The molecule has 8 heteroatoms. The lowest BCUT2D eigenvalue weighted by Gasteiger charge is -2.38. The van der Waals surface area contributed by atoms with E-state index in [-0.39, 0.29) is 23.7 Å². The van der Waals surface area contributed by atoms with E-state index < -0.39 is 11.6 Å². The molecule has 31 heavy (non-hydrogen) atoms. The second kappa shape index (κ2) is 7.80. The van der Waals surface area contributed by atoms with Gasteiger partial charge < -0.3 is 19.3 Å². The molecule has 3 saturated heterocycles. The van der Waals surface area contributed by atoms with Crippen molar-refractivity contribution in [2.45, 2.75) is 43.6 Å². The number of esters is 1. The van der Waals surface area contributed by atoms with Gasteiger partial charge in [-0.25, -0.2) is 9.78 Å². The standard InChI is InChI=1S/C23H24ClN3O4/c1-30-21(28)16-14-25-19(13-17(16)24)26-11-9-23(10-12-26)22(29)27-18(7-8-20(27)31-23)15-5-3-2-4-6-15/h2-6,13-14,18,20H,7-12H2,1H3/t18-,20+/m0/s1. The van der Waals surface area contributed by atoms with Gasteiger partial charge in [-0.05, 0) is 18.4 Å². The van der Waals surface area contributed by atoms with Crippen molar-refractivity contribution in [3.63, 3.8) is 0 Å². The summed E-state index contributed by atoms with van der Waals surface area (Å²) < 4.78 is 11.1. The molecule has 3 aliphatic rings. The lowest BCUT2D eigenvalue weighted by molar-refractivity contribution is -0.140. The molecule has 0 saturated carbocycles. The summed E-state index contributed by atoms with van der Waals surface area (Å²) in [5.41, 5.74) is 0.647. The molecule has 1 spiro atoms. The third kappa shape index (κ3) is 3.36. The fraction of sp³-hybridized carbons (Fsp3) is 0.435. The SMILES string of the molecule is COC(=O)c1cnc(N2CCC3(CC2)O[C@@H]2CC[C@@H](c4ccccc4)N2C3=O)cc1Cl. The van der Waals surface area contributed by atoms with Gasteiger partial charge in [-0.2, -0.15) is 0 Å². The highest BCUT2D eigenvalue weighted by molar-refractivity contribution is 6.33. The van der Waals surface area contributed by atoms with E-state index in [4.69, 9.17) is 21.1 Å². The molecule has 0 bridgehead atoms. The van der Waals surface area contributed by atoms with Crippen molar-refractivity contribution >= 4 is 29.3 Å². The fourth-order valence-corrected chi connectivity index (χ4v) is 5.22. The average Bonchev–Trinajstić information content (AvgIpc) is 3.32. The first-order chi connectivity index (χ1) is 15.0. The molecule has 1 aromatic carbocycles. The number of benzene rings is 1. The van der Waals surface area contributed by atoms with E-state index in [1.807, 2.05) is 23.1 Å². The first-order valence-corrected chi connectivity index (χ1v) is 10.9. The smallest absolute Gasteiger partial charge is 0.340 e. The molecule has 0 N–H and O–H groups in total. The Bertz CT molecular complexity index is 1010. The maximum Gasteiger partial charge on any atom is 0.340 e. The van der Waals surface area contributed by atoms with Gasteiger partial charge in [0.25, 0.3) is 5.91 Å². The lowest BCUT2D eigenvalue weighted by Crippen LogP contribution is -2.50. The summed E-state index contributed by atoms with van der Waals surface area (Å²) in [6, 6.07) is 12.0. The Hall–Kier alpha value is -2.64. The number of rotatable bonds is 3. The van der Waals surface area contributed by atoms with Gasteiger partial charge in [0.15, 0.2) is 5.60 Å². The Morgan fingerprint density at radius 3 is 2.65 bits per heavy atom. The summed E-state index contributed by atoms with van der Waals surface area (Å²) in [6.45, 7) is 1.26. The quantitative estimate of drug-likeness (QED) is 0.678. The predicted octanol–water partition coefficient (Wildman–Crippen LogP) is 3.58. The van der Waals surface area contributed by atoms with Crippen LogP contribution in [0, 0.1) is 0 Å². The normalized spacial score (nSPS) is 24.5. The highest BCUT2D eigenvalue weighted by atomic mass is 35.5. The summed E-state index contributed by atoms with van der Waals surface area (Å²) in [5.74, 6) is 0.274. The summed E-state index contributed by atoms with van der Waals surface area (Å²) in [5, 5.41) is 0.302. The zero-order chi connectivity index (χ0) is 21.6. The zero-order valence-electron chi connectivity index (χ0n) is 17.3. The van der Waals surface area contributed by atoms with Gasteiger partial charge in [0, 0.05) is 38.2 Å². The van der Waals surface area contributed by atoms with Crippen molar-refractivity contribution in [2.75, 3.05) is 25.1 Å². The van der Waals surface area contributed by atoms with Gasteiger partial charge in [0.1, 0.15) is 12.0 Å². The molecule has 0 radical (unpaired) electrons. The minimum Gasteiger partial charge on any atom is -0.465 e. The molecule has 3 fully saturated rings. The highest BCUT2D eigenvalue weighted by Crippen LogP contribution is 2.47. The Labute approximate surface area is 185 Å². The molecule has 3 aliphatic heterocycles. The number of halogens is 1. The van der Waals surface area contributed by atoms with Crippen molar-refractivity contribution in [1.82, 2.24) is 9.88 Å². The van der Waals surface area contributed by atoms with Crippen LogP contribution in [0.3, 0.4) is 0 Å². The number of carbonyl (C=O) groups is 2. The number of aromatic nitrogens is 1. The van der Waals surface area contributed by atoms with Crippen LogP contribution in [0.4, 0.5) is 5.82 Å². The van der Waals surface area contributed by atoms with E-state index in [2.05, 4.69) is 22.0 Å². The van der Waals surface area contributed by atoms with E-state index >= 15 is 0 Å². The number of hydrogen-bond donors (Lipinski definition) is 0. The molecule has 5 rings (SSSR count). The number of pyridine rings is 1. The molecular formula is C23H24ClN3O4. The largest absolute Gasteiger partial charge is 0.465 e.